The van der Waals surface area contributed by atoms with E-state index in [-0.39, 0.29) is 28.7 Å². The number of anilines is 1. The van der Waals surface area contributed by atoms with Gasteiger partial charge in [-0.15, -0.1) is 0 Å². The van der Waals surface area contributed by atoms with Crippen molar-refractivity contribution in [2.24, 2.45) is 5.73 Å². The van der Waals surface area contributed by atoms with Crippen molar-refractivity contribution in [1.82, 2.24) is 5.32 Å². The fourth-order valence-electron chi connectivity index (χ4n) is 1.31. The molecule has 0 bridgehead atoms. The Morgan fingerprint density at radius 3 is 2.50 bits per heavy atom. The third kappa shape index (κ3) is 2.27. The Morgan fingerprint density at radius 2 is 2.06 bits per heavy atom. The molecule has 0 aliphatic heterocycles. The lowest BCUT2D eigenvalue weighted by Crippen LogP contribution is -2.22. The second-order valence-electron chi connectivity index (χ2n) is 3.03. The molecule has 0 aliphatic rings. The summed E-state index contributed by atoms with van der Waals surface area (Å²) in [5.74, 6) is -0.771. The number of furan rings is 1. The van der Waals surface area contributed by atoms with Crippen LogP contribution in [0.25, 0.3) is 0 Å². The van der Waals surface area contributed by atoms with Gasteiger partial charge in [0, 0.05) is 19.7 Å². The standard InChI is InChI=1S/C9H12ClN3O3/c1-12-8(15)6-4(3-5(11)14)7(10)16-9(6)13-2/h13H,3H2,1-2H3,(H2,11,14)(H,12,15). The maximum absolute atomic E-state index is 11.6. The van der Waals surface area contributed by atoms with Crippen molar-refractivity contribution >= 4 is 29.3 Å². The summed E-state index contributed by atoms with van der Waals surface area (Å²) in [4.78, 5) is 22.4. The molecule has 4 N–H and O–H groups in total. The van der Waals surface area contributed by atoms with E-state index in [9.17, 15) is 9.59 Å². The van der Waals surface area contributed by atoms with Gasteiger partial charge in [0.15, 0.2) is 5.22 Å². The van der Waals surface area contributed by atoms with Crippen LogP contribution in [0.4, 0.5) is 5.88 Å². The molecular formula is C9H12ClN3O3. The van der Waals surface area contributed by atoms with Crippen molar-refractivity contribution in [3.8, 4) is 0 Å². The zero-order valence-corrected chi connectivity index (χ0v) is 9.64. The molecule has 0 aromatic carbocycles. The number of halogens is 1. The van der Waals surface area contributed by atoms with E-state index in [1.165, 1.54) is 7.05 Å². The first-order chi connectivity index (χ1) is 7.51. The number of hydrogen-bond donors (Lipinski definition) is 3. The van der Waals surface area contributed by atoms with Gasteiger partial charge < -0.3 is 20.8 Å². The Kier molecular flexibility index (Phi) is 3.78. The lowest BCUT2D eigenvalue weighted by atomic mass is 10.1. The van der Waals surface area contributed by atoms with E-state index in [4.69, 9.17) is 21.8 Å². The fourth-order valence-corrected chi connectivity index (χ4v) is 1.55. The molecule has 1 rings (SSSR count). The van der Waals surface area contributed by atoms with E-state index in [2.05, 4.69) is 10.6 Å². The molecule has 1 aromatic heterocycles. The van der Waals surface area contributed by atoms with Crippen LogP contribution in [0, 0.1) is 0 Å². The van der Waals surface area contributed by atoms with Gasteiger partial charge in [0.2, 0.25) is 11.8 Å². The minimum atomic E-state index is -0.587. The van der Waals surface area contributed by atoms with Crippen LogP contribution < -0.4 is 16.4 Å². The first kappa shape index (κ1) is 12.4. The summed E-state index contributed by atoms with van der Waals surface area (Å²) in [6, 6.07) is 0. The summed E-state index contributed by atoms with van der Waals surface area (Å²) in [5.41, 5.74) is 5.56. The van der Waals surface area contributed by atoms with E-state index in [1.807, 2.05) is 0 Å². The lowest BCUT2D eigenvalue weighted by Gasteiger charge is -2.02. The van der Waals surface area contributed by atoms with Crippen molar-refractivity contribution in [3.63, 3.8) is 0 Å². The number of nitrogens with two attached hydrogens (primary N) is 1. The molecular weight excluding hydrogens is 234 g/mol. The molecule has 16 heavy (non-hydrogen) atoms. The highest BCUT2D eigenvalue weighted by molar-refractivity contribution is 6.30. The lowest BCUT2D eigenvalue weighted by molar-refractivity contribution is -0.117. The van der Waals surface area contributed by atoms with Gasteiger partial charge in [-0.1, -0.05) is 0 Å². The van der Waals surface area contributed by atoms with Crippen LogP contribution in [-0.2, 0) is 11.2 Å². The maximum Gasteiger partial charge on any atom is 0.256 e. The SMILES string of the molecule is CNC(=O)c1c(NC)oc(Cl)c1CC(N)=O. The third-order valence-corrected chi connectivity index (χ3v) is 2.30. The molecule has 1 heterocycles. The zero-order chi connectivity index (χ0) is 12.3. The molecule has 0 unspecified atom stereocenters. The number of hydrogen-bond acceptors (Lipinski definition) is 4. The molecule has 2 amide bonds. The summed E-state index contributed by atoms with van der Waals surface area (Å²) >= 11 is 5.78. The molecule has 0 aliphatic carbocycles. The van der Waals surface area contributed by atoms with Gasteiger partial charge in [-0.25, -0.2) is 0 Å². The average molecular weight is 246 g/mol. The summed E-state index contributed by atoms with van der Waals surface area (Å²) in [6.45, 7) is 0. The van der Waals surface area contributed by atoms with Crippen LogP contribution in [0.15, 0.2) is 4.42 Å². The summed E-state index contributed by atoms with van der Waals surface area (Å²) in [5, 5.41) is 5.10. The van der Waals surface area contributed by atoms with E-state index >= 15 is 0 Å². The molecule has 0 saturated heterocycles. The molecule has 0 saturated carbocycles. The van der Waals surface area contributed by atoms with Crippen molar-refractivity contribution in [2.45, 2.75) is 6.42 Å². The Balaban J connectivity index is 3.28. The number of carbonyl (C=O) groups is 2. The third-order valence-electron chi connectivity index (χ3n) is 1.99. The average Bonchev–Trinajstić information content (AvgIpc) is 2.54. The van der Waals surface area contributed by atoms with Gasteiger partial charge in [-0.2, -0.15) is 0 Å². The zero-order valence-electron chi connectivity index (χ0n) is 8.89. The van der Waals surface area contributed by atoms with Crippen molar-refractivity contribution in [3.05, 3.63) is 16.3 Å². The van der Waals surface area contributed by atoms with Crippen molar-refractivity contribution in [2.75, 3.05) is 19.4 Å². The van der Waals surface area contributed by atoms with Crippen molar-refractivity contribution in [1.29, 1.82) is 0 Å². The Bertz CT molecular complexity index is 428. The number of amides is 2. The number of nitrogens with one attached hydrogen (secondary N) is 2. The van der Waals surface area contributed by atoms with Gasteiger partial charge in [-0.3, -0.25) is 9.59 Å². The Hall–Kier alpha value is -1.69. The number of rotatable bonds is 4. The van der Waals surface area contributed by atoms with Gasteiger partial charge in [0.25, 0.3) is 5.91 Å². The summed E-state index contributed by atoms with van der Waals surface area (Å²) in [7, 11) is 3.05. The molecule has 88 valence electrons. The largest absolute Gasteiger partial charge is 0.428 e. The highest BCUT2D eigenvalue weighted by Crippen LogP contribution is 2.31. The van der Waals surface area contributed by atoms with Gasteiger partial charge in [-0.05, 0) is 11.6 Å². The van der Waals surface area contributed by atoms with E-state index in [1.54, 1.807) is 7.05 Å². The van der Waals surface area contributed by atoms with Gasteiger partial charge in [0.05, 0.1) is 6.42 Å². The first-order valence-corrected chi connectivity index (χ1v) is 4.88. The predicted octanol–water partition coefficient (Wildman–Crippen LogP) is 0.362. The van der Waals surface area contributed by atoms with Gasteiger partial charge >= 0.3 is 0 Å². The first-order valence-electron chi connectivity index (χ1n) is 4.50. The van der Waals surface area contributed by atoms with E-state index < -0.39 is 11.8 Å². The maximum atomic E-state index is 11.6. The Morgan fingerprint density at radius 1 is 1.44 bits per heavy atom. The minimum absolute atomic E-state index is 0.0123. The van der Waals surface area contributed by atoms with Crippen LogP contribution in [-0.4, -0.2) is 25.9 Å². The molecule has 0 fully saturated rings. The summed E-state index contributed by atoms with van der Waals surface area (Å²) < 4.78 is 5.10. The number of carbonyl (C=O) groups excluding carboxylic acids is 2. The number of primary amides is 1. The molecule has 0 spiro atoms. The molecule has 6 nitrogen and oxygen atoms in total. The quantitative estimate of drug-likeness (QED) is 0.714. The Labute approximate surface area is 97.1 Å². The highest BCUT2D eigenvalue weighted by atomic mass is 35.5. The molecule has 0 atom stereocenters. The molecule has 7 heteroatoms. The van der Waals surface area contributed by atoms with E-state index in [0.717, 1.165) is 0 Å². The van der Waals surface area contributed by atoms with Gasteiger partial charge in [0.1, 0.15) is 5.56 Å². The topological polar surface area (TPSA) is 97.4 Å². The predicted molar refractivity (Wildman–Crippen MR) is 59.6 cm³/mol. The second kappa shape index (κ2) is 4.89. The minimum Gasteiger partial charge on any atom is -0.428 e. The monoisotopic (exact) mass is 245 g/mol. The fraction of sp³-hybridized carbons (Fsp3) is 0.333. The molecule has 1 aromatic rings. The molecule has 0 radical (unpaired) electrons. The van der Waals surface area contributed by atoms with Crippen LogP contribution in [0.1, 0.15) is 15.9 Å². The van der Waals surface area contributed by atoms with E-state index in [0.29, 0.717) is 0 Å². The summed E-state index contributed by atoms with van der Waals surface area (Å²) in [6.07, 6.45) is -0.146. The second-order valence-corrected chi connectivity index (χ2v) is 3.37. The van der Waals surface area contributed by atoms with Crippen molar-refractivity contribution < 1.29 is 14.0 Å². The normalized spacial score (nSPS) is 9.94. The van der Waals surface area contributed by atoms with Crippen LogP contribution in [0.5, 0.6) is 0 Å². The smallest absolute Gasteiger partial charge is 0.256 e. The highest BCUT2D eigenvalue weighted by Gasteiger charge is 2.24. The van der Waals surface area contributed by atoms with Crippen LogP contribution >= 0.6 is 11.6 Å². The van der Waals surface area contributed by atoms with Crippen LogP contribution in [0.3, 0.4) is 0 Å². The van der Waals surface area contributed by atoms with Crippen LogP contribution in [0.2, 0.25) is 5.22 Å².